The topological polar surface area (TPSA) is 90.1 Å². The van der Waals surface area contributed by atoms with Gasteiger partial charge in [0.2, 0.25) is 11.9 Å². The Morgan fingerprint density at radius 1 is 1.19 bits per heavy atom. The molecule has 0 saturated carbocycles. The number of nitrogens with zero attached hydrogens (tertiary/aromatic N) is 6. The highest BCUT2D eigenvalue weighted by atomic mass is 35.5. The van der Waals surface area contributed by atoms with Crippen molar-refractivity contribution in [2.24, 2.45) is 0 Å². The number of amides is 1. The first-order valence-corrected chi connectivity index (χ1v) is 11.9. The molecule has 9 nitrogen and oxygen atoms in total. The van der Waals surface area contributed by atoms with Gasteiger partial charge in [0.05, 0.1) is 36.5 Å². The quantitative estimate of drug-likeness (QED) is 0.555. The Balaban J connectivity index is 1.50. The maximum atomic E-state index is 13.9. The number of anilines is 2. The van der Waals surface area contributed by atoms with Crippen molar-refractivity contribution in [2.45, 2.75) is 45.5 Å². The van der Waals surface area contributed by atoms with Crippen molar-refractivity contribution in [3.05, 3.63) is 40.4 Å². The first-order chi connectivity index (χ1) is 17.0. The summed E-state index contributed by atoms with van der Waals surface area (Å²) in [6.45, 7) is 7.15. The maximum Gasteiger partial charge on any atom is 0.437 e. The Morgan fingerprint density at radius 3 is 2.61 bits per heavy atom. The van der Waals surface area contributed by atoms with E-state index in [-0.39, 0.29) is 17.5 Å². The molecule has 1 saturated heterocycles. The van der Waals surface area contributed by atoms with Crippen LogP contribution in [-0.2, 0) is 34.2 Å². The van der Waals surface area contributed by atoms with Gasteiger partial charge in [0.15, 0.2) is 5.69 Å². The van der Waals surface area contributed by atoms with Gasteiger partial charge in [-0.25, -0.2) is 9.97 Å². The van der Waals surface area contributed by atoms with E-state index in [1.165, 1.54) is 20.0 Å². The third kappa shape index (κ3) is 4.21. The van der Waals surface area contributed by atoms with E-state index in [2.05, 4.69) is 20.4 Å². The Morgan fingerprint density at radius 2 is 1.92 bits per heavy atom. The number of carbonyl (C=O) groups is 1. The van der Waals surface area contributed by atoms with Crippen LogP contribution in [0.5, 0.6) is 0 Å². The Hall–Kier alpha value is -3.12. The summed E-state index contributed by atoms with van der Waals surface area (Å²) in [5, 5.41) is 7.04. The van der Waals surface area contributed by atoms with Crippen LogP contribution in [0.1, 0.15) is 30.7 Å². The molecule has 3 aromatic rings. The number of morpholine rings is 1. The average molecular weight is 524 g/mol. The first kappa shape index (κ1) is 24.6. The molecule has 1 amide bonds. The van der Waals surface area contributed by atoms with Crippen LogP contribution in [-0.4, -0.2) is 61.4 Å². The van der Waals surface area contributed by atoms with Crippen LogP contribution in [0.3, 0.4) is 0 Å². The van der Waals surface area contributed by atoms with Crippen molar-refractivity contribution < 1.29 is 22.7 Å². The van der Waals surface area contributed by atoms with Crippen molar-refractivity contribution in [2.75, 3.05) is 31.6 Å². The van der Waals surface area contributed by atoms with Crippen molar-refractivity contribution in [1.29, 1.82) is 0 Å². The zero-order valence-corrected chi connectivity index (χ0v) is 20.7. The van der Waals surface area contributed by atoms with E-state index in [0.717, 1.165) is 21.5 Å². The number of hydrogen-bond acceptors (Lipinski definition) is 6. The number of fused-ring (bicyclic) bond motifs is 3. The highest BCUT2D eigenvalue weighted by Crippen LogP contribution is 2.38. The number of aromatic nitrogens is 5. The summed E-state index contributed by atoms with van der Waals surface area (Å²) in [4.78, 5) is 23.5. The number of alkyl halides is 3. The van der Waals surface area contributed by atoms with Crippen LogP contribution in [0.15, 0.2) is 18.5 Å². The van der Waals surface area contributed by atoms with Gasteiger partial charge in [0.1, 0.15) is 10.7 Å². The standard InChI is InChI=1S/C23H25ClF3N7O2/c1-13-10-16(24)33-5-4-14-11-28-21(30-17(14)18(13)33)29-15-12-34(31-19(15)23(25,26)27)22(2,3)20(35)32-6-8-36-9-7-32/h10-12H,4-9H2,1-3H3,(H,28,29,30). The fraction of sp³-hybridized carbons (Fsp3) is 0.478. The minimum absolute atomic E-state index is 0.0127. The smallest absolute Gasteiger partial charge is 0.378 e. The van der Waals surface area contributed by atoms with Gasteiger partial charge >= 0.3 is 6.18 Å². The van der Waals surface area contributed by atoms with Gasteiger partial charge in [-0.3, -0.25) is 9.48 Å². The van der Waals surface area contributed by atoms with E-state index in [4.69, 9.17) is 16.3 Å². The summed E-state index contributed by atoms with van der Waals surface area (Å²) >= 11 is 6.33. The van der Waals surface area contributed by atoms with Gasteiger partial charge in [0.25, 0.3) is 0 Å². The predicted molar refractivity (Wildman–Crippen MR) is 126 cm³/mol. The summed E-state index contributed by atoms with van der Waals surface area (Å²) in [6.07, 6.45) is -1.33. The third-order valence-corrected chi connectivity index (χ3v) is 6.87. The monoisotopic (exact) mass is 523 g/mol. The molecule has 0 atom stereocenters. The molecule has 192 valence electrons. The number of carbonyl (C=O) groups excluding carboxylic acids is 1. The predicted octanol–water partition coefficient (Wildman–Crippen LogP) is 4.02. The lowest BCUT2D eigenvalue weighted by Crippen LogP contribution is -2.51. The normalized spacial score (nSPS) is 16.0. The molecule has 5 heterocycles. The number of aryl methyl sites for hydroxylation is 2. The van der Waals surface area contributed by atoms with Crippen LogP contribution < -0.4 is 5.32 Å². The molecule has 0 bridgehead atoms. The maximum absolute atomic E-state index is 13.9. The molecule has 0 radical (unpaired) electrons. The van der Waals surface area contributed by atoms with E-state index >= 15 is 0 Å². The Labute approximate surface area is 210 Å². The zero-order valence-electron chi connectivity index (χ0n) is 20.0. The minimum atomic E-state index is -4.77. The molecule has 1 N–H and O–H groups in total. The third-order valence-electron chi connectivity index (χ3n) is 6.55. The number of nitrogens with one attached hydrogen (secondary N) is 1. The van der Waals surface area contributed by atoms with E-state index in [1.807, 2.05) is 17.6 Å². The van der Waals surface area contributed by atoms with Gasteiger partial charge < -0.3 is 19.5 Å². The largest absolute Gasteiger partial charge is 0.437 e. The van der Waals surface area contributed by atoms with Gasteiger partial charge in [-0.05, 0) is 38.8 Å². The summed E-state index contributed by atoms with van der Waals surface area (Å²) in [7, 11) is 0. The van der Waals surface area contributed by atoms with E-state index < -0.39 is 17.4 Å². The van der Waals surface area contributed by atoms with E-state index in [1.54, 1.807) is 11.1 Å². The minimum Gasteiger partial charge on any atom is -0.378 e. The second kappa shape index (κ2) is 8.77. The molecule has 1 fully saturated rings. The molecule has 0 aliphatic carbocycles. The summed E-state index contributed by atoms with van der Waals surface area (Å²) < 4.78 is 50.1. The zero-order chi connectivity index (χ0) is 25.8. The molecular weight excluding hydrogens is 499 g/mol. The van der Waals surface area contributed by atoms with E-state index in [0.29, 0.717) is 50.1 Å². The molecule has 3 aromatic heterocycles. The summed E-state index contributed by atoms with van der Waals surface area (Å²) in [5.41, 5.74) is 0.374. The number of hydrogen-bond donors (Lipinski definition) is 1. The molecule has 0 spiro atoms. The second-order valence-electron chi connectivity index (χ2n) is 9.39. The molecule has 0 unspecified atom stereocenters. The first-order valence-electron chi connectivity index (χ1n) is 11.5. The van der Waals surface area contributed by atoms with Gasteiger partial charge in [-0.15, -0.1) is 0 Å². The number of halogens is 4. The van der Waals surface area contributed by atoms with Gasteiger partial charge in [0, 0.05) is 31.4 Å². The fourth-order valence-electron chi connectivity index (χ4n) is 4.60. The SMILES string of the molecule is Cc1cc(Cl)n2c1-c1nc(Nc3cn(C(C)(C)C(=O)N4CCOCC4)nc3C(F)(F)F)ncc1CC2. The Kier molecular flexibility index (Phi) is 5.98. The van der Waals surface area contributed by atoms with Crippen molar-refractivity contribution in [3.63, 3.8) is 0 Å². The average Bonchev–Trinajstić information content (AvgIpc) is 3.40. The lowest BCUT2D eigenvalue weighted by molar-refractivity contribution is -0.146. The molecule has 13 heteroatoms. The van der Waals surface area contributed by atoms with Crippen LogP contribution in [0.2, 0.25) is 5.15 Å². The van der Waals surface area contributed by atoms with Gasteiger partial charge in [-0.2, -0.15) is 18.3 Å². The van der Waals surface area contributed by atoms with Crippen molar-refractivity contribution in [3.8, 4) is 11.4 Å². The molecular formula is C23H25ClF3N7O2. The summed E-state index contributed by atoms with van der Waals surface area (Å²) in [5.74, 6) is -0.354. The van der Waals surface area contributed by atoms with Crippen LogP contribution in [0, 0.1) is 6.92 Å². The molecule has 36 heavy (non-hydrogen) atoms. The van der Waals surface area contributed by atoms with Crippen LogP contribution in [0.4, 0.5) is 24.8 Å². The van der Waals surface area contributed by atoms with E-state index in [9.17, 15) is 18.0 Å². The molecule has 2 aliphatic heterocycles. The number of rotatable bonds is 4. The second-order valence-corrected chi connectivity index (χ2v) is 9.78. The van der Waals surface area contributed by atoms with Crippen molar-refractivity contribution >= 4 is 29.1 Å². The molecule has 5 rings (SSSR count). The number of ether oxygens (including phenoxy) is 1. The highest BCUT2D eigenvalue weighted by Gasteiger charge is 2.42. The van der Waals surface area contributed by atoms with Crippen molar-refractivity contribution in [1.82, 2.24) is 29.2 Å². The lowest BCUT2D eigenvalue weighted by Gasteiger charge is -2.34. The molecule has 0 aromatic carbocycles. The summed E-state index contributed by atoms with van der Waals surface area (Å²) in [6, 6.07) is 1.83. The van der Waals surface area contributed by atoms with Crippen LogP contribution in [0.25, 0.3) is 11.4 Å². The highest BCUT2D eigenvalue weighted by molar-refractivity contribution is 6.30. The Bertz CT molecular complexity index is 1330. The van der Waals surface area contributed by atoms with Gasteiger partial charge in [-0.1, -0.05) is 11.6 Å². The van der Waals surface area contributed by atoms with Crippen LogP contribution >= 0.6 is 11.6 Å². The lowest BCUT2D eigenvalue weighted by atomic mass is 10.0. The molecule has 2 aliphatic rings. The fourth-order valence-corrected chi connectivity index (χ4v) is 4.93.